The fraction of sp³-hybridized carbons (Fsp3) is 0.600. The van der Waals surface area contributed by atoms with Crippen LogP contribution in [-0.2, 0) is 5.54 Å². The molecule has 0 spiro atoms. The van der Waals surface area contributed by atoms with Crippen molar-refractivity contribution in [1.82, 2.24) is 0 Å². The summed E-state index contributed by atoms with van der Waals surface area (Å²) in [4.78, 5) is 0. The quantitative estimate of drug-likeness (QED) is 0.787. The van der Waals surface area contributed by atoms with Crippen molar-refractivity contribution in [3.8, 4) is 0 Å². The topological polar surface area (TPSA) is 26.0 Å². The van der Waals surface area contributed by atoms with E-state index in [2.05, 4.69) is 32.0 Å². The van der Waals surface area contributed by atoms with Gasteiger partial charge in [0, 0.05) is 10.6 Å². The minimum Gasteiger partial charge on any atom is -0.321 e. The zero-order chi connectivity index (χ0) is 12.7. The lowest BCUT2D eigenvalue weighted by atomic mass is 9.61. The highest BCUT2D eigenvalue weighted by Gasteiger charge is 2.44. The van der Waals surface area contributed by atoms with Crippen LogP contribution in [0, 0.1) is 12.3 Å². The zero-order valence-electron chi connectivity index (χ0n) is 11.0. The second-order valence-corrected chi connectivity index (χ2v) is 6.43. The van der Waals surface area contributed by atoms with Crippen molar-refractivity contribution in [2.75, 3.05) is 0 Å². The Kier molecular flexibility index (Phi) is 3.26. The van der Waals surface area contributed by atoms with Crippen LogP contribution in [0.25, 0.3) is 0 Å². The van der Waals surface area contributed by atoms with E-state index in [-0.39, 0.29) is 11.0 Å². The van der Waals surface area contributed by atoms with Gasteiger partial charge in [0.2, 0.25) is 0 Å². The number of hydrogen-bond donors (Lipinski definition) is 1. The van der Waals surface area contributed by atoms with Gasteiger partial charge in [-0.15, -0.1) is 0 Å². The van der Waals surface area contributed by atoms with Crippen molar-refractivity contribution in [2.24, 2.45) is 11.1 Å². The Balaban J connectivity index is 2.45. The van der Waals surface area contributed by atoms with Crippen molar-refractivity contribution in [2.45, 2.75) is 52.0 Å². The van der Waals surface area contributed by atoms with E-state index in [1.807, 2.05) is 6.92 Å². The summed E-state index contributed by atoms with van der Waals surface area (Å²) in [7, 11) is 0. The predicted molar refractivity (Wildman–Crippen MR) is 74.3 cm³/mol. The Morgan fingerprint density at radius 1 is 1.18 bits per heavy atom. The van der Waals surface area contributed by atoms with E-state index in [1.54, 1.807) is 0 Å². The van der Waals surface area contributed by atoms with Gasteiger partial charge in [-0.1, -0.05) is 50.4 Å². The van der Waals surface area contributed by atoms with Crippen LogP contribution in [-0.4, -0.2) is 0 Å². The molecule has 17 heavy (non-hydrogen) atoms. The van der Waals surface area contributed by atoms with Gasteiger partial charge in [-0.2, -0.15) is 0 Å². The summed E-state index contributed by atoms with van der Waals surface area (Å²) in [5, 5.41) is 0.827. The highest BCUT2D eigenvalue weighted by molar-refractivity contribution is 6.31. The van der Waals surface area contributed by atoms with Crippen LogP contribution in [0.2, 0.25) is 5.02 Å². The third-order valence-corrected chi connectivity index (χ3v) is 4.92. The summed E-state index contributed by atoms with van der Waals surface area (Å²) in [6, 6.07) is 6.29. The van der Waals surface area contributed by atoms with E-state index in [0.717, 1.165) is 17.0 Å². The Hall–Kier alpha value is -0.530. The van der Waals surface area contributed by atoms with Crippen LogP contribution < -0.4 is 5.73 Å². The molecule has 0 saturated heterocycles. The molecule has 94 valence electrons. The molecule has 1 aliphatic rings. The van der Waals surface area contributed by atoms with Crippen LogP contribution >= 0.6 is 11.6 Å². The Morgan fingerprint density at radius 3 is 2.41 bits per heavy atom. The van der Waals surface area contributed by atoms with E-state index in [9.17, 15) is 0 Å². The van der Waals surface area contributed by atoms with Crippen molar-refractivity contribution in [3.63, 3.8) is 0 Å². The molecule has 1 aliphatic carbocycles. The second kappa shape index (κ2) is 4.29. The number of halogens is 1. The van der Waals surface area contributed by atoms with Crippen molar-refractivity contribution >= 4 is 11.6 Å². The van der Waals surface area contributed by atoms with Crippen molar-refractivity contribution < 1.29 is 0 Å². The third-order valence-electron chi connectivity index (χ3n) is 4.52. The second-order valence-electron chi connectivity index (χ2n) is 6.03. The summed E-state index contributed by atoms with van der Waals surface area (Å²) in [5.41, 5.74) is 8.94. The van der Waals surface area contributed by atoms with E-state index in [4.69, 9.17) is 17.3 Å². The van der Waals surface area contributed by atoms with Crippen LogP contribution in [0.15, 0.2) is 18.2 Å². The molecule has 2 heteroatoms. The highest BCUT2D eigenvalue weighted by Crippen LogP contribution is 2.48. The first-order chi connectivity index (χ1) is 7.87. The molecule has 1 nitrogen and oxygen atoms in total. The minimum atomic E-state index is -0.234. The molecule has 0 heterocycles. The van der Waals surface area contributed by atoms with Gasteiger partial charge in [0.1, 0.15) is 0 Å². The molecule has 1 unspecified atom stereocenters. The van der Waals surface area contributed by atoms with Gasteiger partial charge in [-0.05, 0) is 42.4 Å². The standard InChI is InChI=1S/C15H22ClN/c1-11-6-7-12(10-13(11)16)15(17)9-5-4-8-14(15,2)3/h6-7,10H,4-5,8-9,17H2,1-3H3. The molecule has 2 N–H and O–H groups in total. The average Bonchev–Trinajstić information content (AvgIpc) is 2.26. The van der Waals surface area contributed by atoms with E-state index >= 15 is 0 Å². The fourth-order valence-electron chi connectivity index (χ4n) is 2.94. The molecule has 1 fully saturated rings. The Labute approximate surface area is 109 Å². The SMILES string of the molecule is Cc1ccc(C2(N)CCCCC2(C)C)cc1Cl. The summed E-state index contributed by atoms with van der Waals surface area (Å²) in [6.45, 7) is 6.58. The van der Waals surface area contributed by atoms with Gasteiger partial charge in [0.25, 0.3) is 0 Å². The first-order valence-electron chi connectivity index (χ1n) is 6.42. The highest BCUT2D eigenvalue weighted by atomic mass is 35.5. The van der Waals surface area contributed by atoms with Crippen LogP contribution in [0.3, 0.4) is 0 Å². The molecule has 1 atom stereocenters. The largest absolute Gasteiger partial charge is 0.321 e. The number of aryl methyl sites for hydroxylation is 1. The van der Waals surface area contributed by atoms with Gasteiger partial charge in [0.05, 0.1) is 0 Å². The summed E-state index contributed by atoms with van der Waals surface area (Å²) in [5.74, 6) is 0. The maximum absolute atomic E-state index is 6.72. The number of nitrogens with two attached hydrogens (primary N) is 1. The number of benzene rings is 1. The molecular formula is C15H22ClN. The van der Waals surface area contributed by atoms with Gasteiger partial charge in [-0.25, -0.2) is 0 Å². The van der Waals surface area contributed by atoms with E-state index < -0.39 is 0 Å². The van der Waals surface area contributed by atoms with Crippen molar-refractivity contribution in [3.05, 3.63) is 34.3 Å². The van der Waals surface area contributed by atoms with Crippen molar-refractivity contribution in [1.29, 1.82) is 0 Å². The van der Waals surface area contributed by atoms with Gasteiger partial charge < -0.3 is 5.73 Å². The molecule has 0 radical (unpaired) electrons. The first kappa shape index (κ1) is 12.9. The summed E-state index contributed by atoms with van der Waals surface area (Å²) >= 11 is 6.23. The lowest BCUT2D eigenvalue weighted by Crippen LogP contribution is -2.51. The smallest absolute Gasteiger partial charge is 0.0461 e. The lowest BCUT2D eigenvalue weighted by molar-refractivity contribution is 0.0978. The molecule has 1 aromatic carbocycles. The number of rotatable bonds is 1. The Bertz CT molecular complexity index is 425. The van der Waals surface area contributed by atoms with Crippen LogP contribution in [0.4, 0.5) is 0 Å². The van der Waals surface area contributed by atoms with E-state index in [0.29, 0.717) is 0 Å². The first-order valence-corrected chi connectivity index (χ1v) is 6.80. The summed E-state index contributed by atoms with van der Waals surface area (Å²) in [6.07, 6.45) is 4.74. The fourth-order valence-corrected chi connectivity index (χ4v) is 3.12. The van der Waals surface area contributed by atoms with Gasteiger partial charge in [0.15, 0.2) is 0 Å². The Morgan fingerprint density at radius 2 is 1.82 bits per heavy atom. The molecule has 0 bridgehead atoms. The molecule has 1 aromatic rings. The normalized spacial score (nSPS) is 28.1. The van der Waals surface area contributed by atoms with E-state index in [1.165, 1.54) is 24.8 Å². The molecule has 0 amide bonds. The van der Waals surface area contributed by atoms with Crippen LogP contribution in [0.1, 0.15) is 50.7 Å². The van der Waals surface area contributed by atoms with Crippen LogP contribution in [0.5, 0.6) is 0 Å². The average molecular weight is 252 g/mol. The van der Waals surface area contributed by atoms with Gasteiger partial charge in [-0.3, -0.25) is 0 Å². The zero-order valence-corrected chi connectivity index (χ0v) is 11.8. The lowest BCUT2D eigenvalue weighted by Gasteiger charge is -2.48. The van der Waals surface area contributed by atoms with Gasteiger partial charge >= 0.3 is 0 Å². The summed E-state index contributed by atoms with van der Waals surface area (Å²) < 4.78 is 0. The molecule has 2 rings (SSSR count). The molecular weight excluding hydrogens is 230 g/mol. The maximum atomic E-state index is 6.72. The minimum absolute atomic E-state index is 0.143. The third kappa shape index (κ3) is 2.11. The maximum Gasteiger partial charge on any atom is 0.0461 e. The molecule has 0 aromatic heterocycles. The predicted octanol–water partition coefficient (Wildman–Crippen LogP) is 4.40. The number of hydrogen-bond acceptors (Lipinski definition) is 1. The monoisotopic (exact) mass is 251 g/mol. The molecule has 1 saturated carbocycles. The molecule has 0 aliphatic heterocycles.